The van der Waals surface area contributed by atoms with Crippen molar-refractivity contribution in [2.45, 2.75) is 44.1 Å². The number of hydrogen-bond acceptors (Lipinski definition) is 3. The number of benzene rings is 1. The van der Waals surface area contributed by atoms with E-state index in [9.17, 15) is 4.79 Å². The Morgan fingerprint density at radius 1 is 1.41 bits per heavy atom. The molecule has 1 aromatic rings. The standard InChI is InChI=1S/C18H26N2O2/c1-14-5-4-6-15(11-14)18(7-2-3-8-18)13-20-17(21)16-12-22-10-9-19-16/h4-6,11,16,19H,2-3,7-10,12-13H2,1H3,(H,20,21). The third-order valence-corrected chi connectivity index (χ3v) is 5.03. The minimum Gasteiger partial charge on any atom is -0.378 e. The molecule has 1 amide bonds. The molecule has 1 aromatic carbocycles. The van der Waals surface area contributed by atoms with Crippen LogP contribution in [0, 0.1) is 6.92 Å². The minimum atomic E-state index is -0.204. The highest BCUT2D eigenvalue weighted by Crippen LogP contribution is 2.40. The molecule has 4 heteroatoms. The summed E-state index contributed by atoms with van der Waals surface area (Å²) in [5.74, 6) is 0.0682. The second-order valence-electron chi connectivity index (χ2n) is 6.66. The first-order valence-corrected chi connectivity index (χ1v) is 8.36. The first-order chi connectivity index (χ1) is 10.7. The lowest BCUT2D eigenvalue weighted by Crippen LogP contribution is -2.53. The predicted molar refractivity (Wildman–Crippen MR) is 86.9 cm³/mol. The fourth-order valence-electron chi connectivity index (χ4n) is 3.71. The lowest BCUT2D eigenvalue weighted by atomic mass is 9.78. The minimum absolute atomic E-state index is 0.0682. The van der Waals surface area contributed by atoms with E-state index in [1.165, 1.54) is 24.0 Å². The third-order valence-electron chi connectivity index (χ3n) is 5.03. The van der Waals surface area contributed by atoms with E-state index in [0.29, 0.717) is 13.2 Å². The van der Waals surface area contributed by atoms with Crippen LogP contribution < -0.4 is 10.6 Å². The highest BCUT2D eigenvalue weighted by atomic mass is 16.5. The van der Waals surface area contributed by atoms with E-state index in [2.05, 4.69) is 41.8 Å². The van der Waals surface area contributed by atoms with E-state index in [0.717, 1.165) is 25.9 Å². The smallest absolute Gasteiger partial charge is 0.239 e. The van der Waals surface area contributed by atoms with Crippen molar-refractivity contribution in [1.29, 1.82) is 0 Å². The topological polar surface area (TPSA) is 50.4 Å². The molecule has 1 atom stereocenters. The summed E-state index contributed by atoms with van der Waals surface area (Å²) < 4.78 is 5.38. The van der Waals surface area contributed by atoms with Gasteiger partial charge >= 0.3 is 0 Å². The Morgan fingerprint density at radius 2 is 2.23 bits per heavy atom. The van der Waals surface area contributed by atoms with Gasteiger partial charge in [0.2, 0.25) is 5.91 Å². The number of ether oxygens (including phenoxy) is 1. The number of carbonyl (C=O) groups is 1. The van der Waals surface area contributed by atoms with Crippen LogP contribution in [0.2, 0.25) is 0 Å². The van der Waals surface area contributed by atoms with Gasteiger partial charge in [-0.15, -0.1) is 0 Å². The van der Waals surface area contributed by atoms with Crippen LogP contribution in [-0.2, 0) is 14.9 Å². The lowest BCUT2D eigenvalue weighted by Gasteiger charge is -2.32. The van der Waals surface area contributed by atoms with Gasteiger partial charge in [-0.3, -0.25) is 4.79 Å². The van der Waals surface area contributed by atoms with Gasteiger partial charge in [0, 0.05) is 18.5 Å². The number of aryl methyl sites for hydroxylation is 1. The van der Waals surface area contributed by atoms with Crippen molar-refractivity contribution in [2.24, 2.45) is 0 Å². The molecule has 0 bridgehead atoms. The fourth-order valence-corrected chi connectivity index (χ4v) is 3.71. The monoisotopic (exact) mass is 302 g/mol. The molecule has 2 N–H and O–H groups in total. The fraction of sp³-hybridized carbons (Fsp3) is 0.611. The molecule has 1 aliphatic heterocycles. The van der Waals surface area contributed by atoms with Crippen molar-refractivity contribution >= 4 is 5.91 Å². The summed E-state index contributed by atoms with van der Waals surface area (Å²) in [5, 5.41) is 6.39. The molecule has 1 unspecified atom stereocenters. The van der Waals surface area contributed by atoms with Gasteiger partial charge < -0.3 is 15.4 Å². The van der Waals surface area contributed by atoms with E-state index in [-0.39, 0.29) is 17.4 Å². The van der Waals surface area contributed by atoms with Gasteiger partial charge in [0.25, 0.3) is 0 Å². The Labute approximate surface area is 132 Å². The van der Waals surface area contributed by atoms with E-state index >= 15 is 0 Å². The maximum absolute atomic E-state index is 12.3. The molecular formula is C18H26N2O2. The Hall–Kier alpha value is -1.39. The molecule has 3 rings (SSSR count). The highest BCUT2D eigenvalue weighted by Gasteiger charge is 2.36. The Balaban J connectivity index is 1.68. The van der Waals surface area contributed by atoms with Gasteiger partial charge in [-0.1, -0.05) is 42.7 Å². The highest BCUT2D eigenvalue weighted by molar-refractivity contribution is 5.82. The van der Waals surface area contributed by atoms with E-state index in [1.54, 1.807) is 0 Å². The average molecular weight is 302 g/mol. The van der Waals surface area contributed by atoms with Gasteiger partial charge in [-0.25, -0.2) is 0 Å². The van der Waals surface area contributed by atoms with Gasteiger partial charge in [0.05, 0.1) is 13.2 Å². The number of nitrogens with one attached hydrogen (secondary N) is 2. The molecule has 1 saturated carbocycles. The van der Waals surface area contributed by atoms with Crippen LogP contribution in [0.1, 0.15) is 36.8 Å². The maximum Gasteiger partial charge on any atom is 0.239 e. The van der Waals surface area contributed by atoms with Gasteiger partial charge in [0.1, 0.15) is 6.04 Å². The van der Waals surface area contributed by atoms with Crippen molar-refractivity contribution in [2.75, 3.05) is 26.3 Å². The molecule has 4 nitrogen and oxygen atoms in total. The Bertz CT molecular complexity index is 518. The summed E-state index contributed by atoms with van der Waals surface area (Å²) in [7, 11) is 0. The van der Waals surface area contributed by atoms with E-state index in [1.807, 2.05) is 0 Å². The maximum atomic E-state index is 12.3. The van der Waals surface area contributed by atoms with Crippen LogP contribution >= 0.6 is 0 Å². The van der Waals surface area contributed by atoms with Crippen LogP contribution in [0.5, 0.6) is 0 Å². The zero-order valence-corrected chi connectivity index (χ0v) is 13.4. The summed E-state index contributed by atoms with van der Waals surface area (Å²) in [5.41, 5.74) is 2.77. The molecule has 1 heterocycles. The molecule has 1 aliphatic carbocycles. The summed E-state index contributed by atoms with van der Waals surface area (Å²) in [6.07, 6.45) is 4.81. The predicted octanol–water partition coefficient (Wildman–Crippen LogP) is 1.91. The van der Waals surface area contributed by atoms with Crippen LogP contribution in [0.25, 0.3) is 0 Å². The van der Waals surface area contributed by atoms with Crippen molar-refractivity contribution in [3.05, 3.63) is 35.4 Å². The number of carbonyl (C=O) groups excluding carboxylic acids is 1. The van der Waals surface area contributed by atoms with Crippen LogP contribution in [0.3, 0.4) is 0 Å². The summed E-state index contributed by atoms with van der Waals surface area (Å²) >= 11 is 0. The number of rotatable bonds is 4. The number of amides is 1. The van der Waals surface area contributed by atoms with E-state index < -0.39 is 0 Å². The molecule has 2 fully saturated rings. The molecule has 120 valence electrons. The Kier molecular flexibility index (Phi) is 4.79. The Morgan fingerprint density at radius 3 is 2.91 bits per heavy atom. The first-order valence-electron chi connectivity index (χ1n) is 8.36. The van der Waals surface area contributed by atoms with Crippen molar-refractivity contribution in [3.8, 4) is 0 Å². The number of morpholine rings is 1. The second-order valence-corrected chi connectivity index (χ2v) is 6.66. The largest absolute Gasteiger partial charge is 0.378 e. The zero-order chi connectivity index (χ0) is 15.4. The molecule has 0 spiro atoms. The van der Waals surface area contributed by atoms with Crippen LogP contribution in [0.4, 0.5) is 0 Å². The zero-order valence-electron chi connectivity index (χ0n) is 13.4. The molecule has 22 heavy (non-hydrogen) atoms. The number of hydrogen-bond donors (Lipinski definition) is 2. The van der Waals surface area contributed by atoms with Crippen LogP contribution in [-0.4, -0.2) is 38.3 Å². The molecule has 0 aromatic heterocycles. The molecule has 0 radical (unpaired) electrons. The van der Waals surface area contributed by atoms with Gasteiger partial charge in [-0.2, -0.15) is 0 Å². The van der Waals surface area contributed by atoms with Crippen molar-refractivity contribution in [3.63, 3.8) is 0 Å². The van der Waals surface area contributed by atoms with Crippen molar-refractivity contribution < 1.29 is 9.53 Å². The first kappa shape index (κ1) is 15.5. The second kappa shape index (κ2) is 6.80. The van der Waals surface area contributed by atoms with Gasteiger partial charge in [-0.05, 0) is 25.3 Å². The van der Waals surface area contributed by atoms with Crippen LogP contribution in [0.15, 0.2) is 24.3 Å². The normalized spacial score (nSPS) is 24.1. The summed E-state index contributed by atoms with van der Waals surface area (Å²) in [4.78, 5) is 12.3. The van der Waals surface area contributed by atoms with Gasteiger partial charge in [0.15, 0.2) is 0 Å². The summed E-state index contributed by atoms with van der Waals surface area (Å²) in [6.45, 7) is 4.78. The van der Waals surface area contributed by atoms with Crippen molar-refractivity contribution in [1.82, 2.24) is 10.6 Å². The average Bonchev–Trinajstić information content (AvgIpc) is 3.04. The van der Waals surface area contributed by atoms with E-state index in [4.69, 9.17) is 4.74 Å². The quantitative estimate of drug-likeness (QED) is 0.893. The molecule has 2 aliphatic rings. The molecular weight excluding hydrogens is 276 g/mol. The molecule has 1 saturated heterocycles. The summed E-state index contributed by atoms with van der Waals surface area (Å²) in [6, 6.07) is 8.55. The SMILES string of the molecule is Cc1cccc(C2(CNC(=O)C3COCCN3)CCCC2)c1. The lowest BCUT2D eigenvalue weighted by molar-refractivity contribution is -0.126. The third kappa shape index (κ3) is 3.33.